The molecule has 3 nitrogen and oxygen atoms in total. The fourth-order valence-electron chi connectivity index (χ4n) is 3.38. The van der Waals surface area contributed by atoms with E-state index in [4.69, 9.17) is 0 Å². The van der Waals surface area contributed by atoms with Gasteiger partial charge >= 0.3 is 0 Å². The highest BCUT2D eigenvalue weighted by atomic mass is 15.1. The molecule has 1 aliphatic carbocycles. The summed E-state index contributed by atoms with van der Waals surface area (Å²) < 4.78 is 0. The van der Waals surface area contributed by atoms with Gasteiger partial charge < -0.3 is 5.32 Å². The van der Waals surface area contributed by atoms with E-state index in [9.17, 15) is 0 Å². The monoisotopic (exact) mass is 275 g/mol. The first-order chi connectivity index (χ1) is 9.76. The summed E-state index contributed by atoms with van der Waals surface area (Å²) in [6.07, 6.45) is 9.03. The van der Waals surface area contributed by atoms with E-state index in [1.54, 1.807) is 0 Å². The Bertz CT molecular complexity index is 411. The molecule has 1 aromatic heterocycles. The number of nitrogens with zero attached hydrogens (tertiary/aromatic N) is 2. The molecule has 3 heteroatoms. The molecule has 0 spiro atoms. The van der Waals surface area contributed by atoms with Gasteiger partial charge in [0.1, 0.15) is 0 Å². The van der Waals surface area contributed by atoms with Crippen molar-refractivity contribution >= 4 is 0 Å². The van der Waals surface area contributed by atoms with Crippen LogP contribution in [0, 0.1) is 12.8 Å². The first-order valence-corrected chi connectivity index (χ1v) is 8.32. The van der Waals surface area contributed by atoms with E-state index < -0.39 is 0 Å². The van der Waals surface area contributed by atoms with Crippen molar-refractivity contribution in [3.8, 4) is 0 Å². The minimum absolute atomic E-state index is 0.472. The molecule has 20 heavy (non-hydrogen) atoms. The Morgan fingerprint density at radius 3 is 2.60 bits per heavy atom. The third kappa shape index (κ3) is 3.78. The zero-order valence-corrected chi connectivity index (χ0v) is 13.3. The van der Waals surface area contributed by atoms with Gasteiger partial charge in [-0.2, -0.15) is 10.2 Å². The Balaban J connectivity index is 2.26. The normalized spacial score (nSPS) is 18.1. The minimum Gasteiger partial charge on any atom is -0.310 e. The SMILES string of the molecule is CCCNC(c1cc(C)nnc1CC)C1CCCCC1. The lowest BCUT2D eigenvalue weighted by molar-refractivity contribution is 0.270. The van der Waals surface area contributed by atoms with Gasteiger partial charge in [0.25, 0.3) is 0 Å². The molecule has 0 amide bonds. The Kier molecular flexibility index (Phi) is 5.96. The number of nitrogens with one attached hydrogen (secondary N) is 1. The molecule has 1 N–H and O–H groups in total. The highest BCUT2D eigenvalue weighted by Crippen LogP contribution is 2.35. The van der Waals surface area contributed by atoms with Crippen LogP contribution in [0.1, 0.15) is 75.4 Å². The second kappa shape index (κ2) is 7.72. The number of rotatable bonds is 6. The van der Waals surface area contributed by atoms with Crippen LogP contribution in [0.3, 0.4) is 0 Å². The first kappa shape index (κ1) is 15.4. The zero-order chi connectivity index (χ0) is 14.4. The fraction of sp³-hybridized carbons (Fsp3) is 0.765. The van der Waals surface area contributed by atoms with Crippen LogP contribution in [0.4, 0.5) is 0 Å². The van der Waals surface area contributed by atoms with Crippen LogP contribution in [-0.2, 0) is 6.42 Å². The van der Waals surface area contributed by atoms with Crippen molar-refractivity contribution in [2.75, 3.05) is 6.54 Å². The van der Waals surface area contributed by atoms with Gasteiger partial charge in [0, 0.05) is 6.04 Å². The zero-order valence-electron chi connectivity index (χ0n) is 13.3. The van der Waals surface area contributed by atoms with Crippen molar-refractivity contribution < 1.29 is 0 Å². The van der Waals surface area contributed by atoms with E-state index in [-0.39, 0.29) is 0 Å². The van der Waals surface area contributed by atoms with Gasteiger partial charge in [-0.3, -0.25) is 0 Å². The van der Waals surface area contributed by atoms with Crippen molar-refractivity contribution in [2.45, 2.75) is 71.8 Å². The summed E-state index contributed by atoms with van der Waals surface area (Å²) >= 11 is 0. The van der Waals surface area contributed by atoms with Gasteiger partial charge in [-0.05, 0) is 56.7 Å². The summed E-state index contributed by atoms with van der Waals surface area (Å²) in [4.78, 5) is 0. The lowest BCUT2D eigenvalue weighted by Gasteiger charge is -2.32. The maximum Gasteiger partial charge on any atom is 0.0676 e. The van der Waals surface area contributed by atoms with Gasteiger partial charge in [-0.25, -0.2) is 0 Å². The lowest BCUT2D eigenvalue weighted by Crippen LogP contribution is -2.31. The van der Waals surface area contributed by atoms with Crippen molar-refractivity contribution in [3.05, 3.63) is 23.0 Å². The van der Waals surface area contributed by atoms with E-state index in [1.165, 1.54) is 49.8 Å². The minimum atomic E-state index is 0.472. The molecule has 1 aromatic rings. The van der Waals surface area contributed by atoms with Crippen LogP contribution in [0.2, 0.25) is 0 Å². The molecule has 0 bridgehead atoms. The van der Waals surface area contributed by atoms with Crippen molar-refractivity contribution in [1.82, 2.24) is 15.5 Å². The topological polar surface area (TPSA) is 37.8 Å². The highest BCUT2D eigenvalue weighted by Gasteiger charge is 2.26. The van der Waals surface area contributed by atoms with Crippen LogP contribution in [0.15, 0.2) is 6.07 Å². The molecule has 2 rings (SSSR count). The molecule has 112 valence electrons. The van der Waals surface area contributed by atoms with Crippen molar-refractivity contribution in [1.29, 1.82) is 0 Å². The summed E-state index contributed by atoms with van der Waals surface area (Å²) in [5.41, 5.74) is 3.62. The third-order valence-electron chi connectivity index (χ3n) is 4.43. The maximum atomic E-state index is 4.43. The molecule has 0 radical (unpaired) electrons. The Labute approximate surface area is 123 Å². The van der Waals surface area contributed by atoms with E-state index in [1.807, 2.05) is 6.92 Å². The predicted octanol–water partition coefficient (Wildman–Crippen LogP) is 3.97. The van der Waals surface area contributed by atoms with Gasteiger partial charge in [0.2, 0.25) is 0 Å². The van der Waals surface area contributed by atoms with Crippen molar-refractivity contribution in [2.24, 2.45) is 5.92 Å². The van der Waals surface area contributed by atoms with Gasteiger partial charge in [-0.15, -0.1) is 0 Å². The largest absolute Gasteiger partial charge is 0.310 e. The molecule has 1 fully saturated rings. The predicted molar refractivity (Wildman–Crippen MR) is 83.8 cm³/mol. The smallest absolute Gasteiger partial charge is 0.0676 e. The summed E-state index contributed by atoms with van der Waals surface area (Å²) in [5, 5.41) is 12.5. The molecular formula is C17H29N3. The summed E-state index contributed by atoms with van der Waals surface area (Å²) in [7, 11) is 0. The second-order valence-electron chi connectivity index (χ2n) is 6.07. The molecular weight excluding hydrogens is 246 g/mol. The molecule has 0 saturated heterocycles. The summed E-state index contributed by atoms with van der Waals surface area (Å²) in [6.45, 7) is 7.56. The molecule has 1 aliphatic rings. The van der Waals surface area contributed by atoms with Crippen LogP contribution >= 0.6 is 0 Å². The molecule has 1 saturated carbocycles. The Morgan fingerprint density at radius 1 is 1.20 bits per heavy atom. The van der Waals surface area contributed by atoms with Crippen LogP contribution < -0.4 is 5.32 Å². The fourth-order valence-corrected chi connectivity index (χ4v) is 3.38. The number of hydrogen-bond acceptors (Lipinski definition) is 3. The molecule has 0 aromatic carbocycles. The number of aromatic nitrogens is 2. The van der Waals surface area contributed by atoms with E-state index in [0.717, 1.165) is 24.6 Å². The van der Waals surface area contributed by atoms with Gasteiger partial charge in [-0.1, -0.05) is 33.1 Å². The van der Waals surface area contributed by atoms with Crippen LogP contribution in [0.25, 0.3) is 0 Å². The van der Waals surface area contributed by atoms with Crippen molar-refractivity contribution in [3.63, 3.8) is 0 Å². The molecule has 1 atom stereocenters. The maximum absolute atomic E-state index is 4.43. The first-order valence-electron chi connectivity index (χ1n) is 8.32. The summed E-state index contributed by atoms with van der Waals surface area (Å²) in [5.74, 6) is 0.768. The highest BCUT2D eigenvalue weighted by molar-refractivity contribution is 5.25. The second-order valence-corrected chi connectivity index (χ2v) is 6.07. The third-order valence-corrected chi connectivity index (χ3v) is 4.43. The Hall–Kier alpha value is -0.960. The number of aryl methyl sites for hydroxylation is 2. The molecule has 1 heterocycles. The molecule has 1 unspecified atom stereocenters. The van der Waals surface area contributed by atoms with Gasteiger partial charge in [0.05, 0.1) is 11.4 Å². The van der Waals surface area contributed by atoms with E-state index in [2.05, 4.69) is 35.4 Å². The summed E-state index contributed by atoms with van der Waals surface area (Å²) in [6, 6.07) is 2.73. The van der Waals surface area contributed by atoms with E-state index >= 15 is 0 Å². The average Bonchev–Trinajstić information content (AvgIpc) is 2.49. The van der Waals surface area contributed by atoms with Crippen LogP contribution in [0.5, 0.6) is 0 Å². The van der Waals surface area contributed by atoms with Crippen LogP contribution in [-0.4, -0.2) is 16.7 Å². The van der Waals surface area contributed by atoms with E-state index in [0.29, 0.717) is 6.04 Å². The Morgan fingerprint density at radius 2 is 1.95 bits per heavy atom. The molecule has 0 aliphatic heterocycles. The quantitative estimate of drug-likeness (QED) is 0.853. The number of hydrogen-bond donors (Lipinski definition) is 1. The standard InChI is InChI=1S/C17H29N3/c1-4-11-18-17(14-9-7-6-8-10-14)15-12-13(3)19-20-16(15)5-2/h12,14,17-18H,4-11H2,1-3H3. The van der Waals surface area contributed by atoms with Gasteiger partial charge in [0.15, 0.2) is 0 Å². The lowest BCUT2D eigenvalue weighted by atomic mass is 9.80. The average molecular weight is 275 g/mol.